The highest BCUT2D eigenvalue weighted by molar-refractivity contribution is 7.89. The van der Waals surface area contributed by atoms with E-state index in [0.717, 1.165) is 11.6 Å². The molecule has 0 aliphatic carbocycles. The number of para-hydroxylation sites is 1. The molecule has 8 nitrogen and oxygen atoms in total. The molecule has 0 unspecified atom stereocenters. The molecule has 9 heteroatoms. The van der Waals surface area contributed by atoms with E-state index in [2.05, 4.69) is 9.97 Å². The van der Waals surface area contributed by atoms with Crippen molar-refractivity contribution in [1.82, 2.24) is 19.1 Å². The van der Waals surface area contributed by atoms with E-state index in [-0.39, 0.29) is 5.56 Å². The van der Waals surface area contributed by atoms with Crippen LogP contribution in [0.5, 0.6) is 0 Å². The van der Waals surface area contributed by atoms with Crippen molar-refractivity contribution in [3.05, 3.63) is 88.6 Å². The number of fused-ring (bicyclic) bond motifs is 2. The van der Waals surface area contributed by atoms with E-state index in [1.165, 1.54) is 10.6 Å². The quantitative estimate of drug-likeness (QED) is 0.562. The summed E-state index contributed by atoms with van der Waals surface area (Å²) in [7, 11) is -4.06. The molecule has 3 heterocycles. The van der Waals surface area contributed by atoms with Crippen molar-refractivity contribution in [2.75, 3.05) is 0 Å². The minimum absolute atomic E-state index is 0.355. The number of aromatic nitrogens is 3. The second-order valence-electron chi connectivity index (χ2n) is 6.09. The summed E-state index contributed by atoms with van der Waals surface area (Å²) in [5.41, 5.74) is 0.337. The number of nitrogens with zero attached hydrogens (tertiary/aromatic N) is 3. The van der Waals surface area contributed by atoms with Gasteiger partial charge in [-0.1, -0.05) is 30.3 Å². The first kappa shape index (κ1) is 17.8. The minimum Gasteiger partial charge on any atom is -0.268 e. The zero-order valence-electron chi connectivity index (χ0n) is 14.4. The van der Waals surface area contributed by atoms with Crippen molar-refractivity contribution in [2.24, 2.45) is 0 Å². The van der Waals surface area contributed by atoms with E-state index in [1.807, 2.05) is 16.9 Å². The van der Waals surface area contributed by atoms with Crippen molar-refractivity contribution in [3.63, 3.8) is 0 Å². The maximum Gasteiger partial charge on any atom is 0.271 e. The van der Waals surface area contributed by atoms with Crippen LogP contribution in [-0.2, 0) is 15.8 Å². The smallest absolute Gasteiger partial charge is 0.268 e. The molecular formula is C19H14N4O4S. The average molecular weight is 394 g/mol. The Hall–Kier alpha value is -3.59. The summed E-state index contributed by atoms with van der Waals surface area (Å²) in [6.07, 6.45) is 4.10. The fourth-order valence-electron chi connectivity index (χ4n) is 2.90. The number of rotatable bonds is 4. The molecule has 1 aromatic carbocycles. The second kappa shape index (κ2) is 6.86. The molecule has 28 heavy (non-hydrogen) atoms. The molecule has 0 saturated heterocycles. The monoisotopic (exact) mass is 394 g/mol. The summed E-state index contributed by atoms with van der Waals surface area (Å²) in [6.45, 7) is 0. The third-order valence-corrected chi connectivity index (χ3v) is 5.36. The number of hydrogen-bond acceptors (Lipinski definition) is 6. The van der Waals surface area contributed by atoms with Gasteiger partial charge in [-0.25, -0.2) is 18.1 Å². The highest BCUT2D eigenvalue weighted by Crippen LogP contribution is 2.18. The number of pyridine rings is 2. The predicted molar refractivity (Wildman–Crippen MR) is 103 cm³/mol. The largest absolute Gasteiger partial charge is 0.271 e. The lowest BCUT2D eigenvalue weighted by Gasteiger charge is -2.09. The standard InChI is InChI=1S/C19H14N4O4S/c24-18(15-11-21-16-8-1-2-10-23(16)19(15)25)22-28(26,27)12-14-6-3-5-13-7-4-9-20-17(13)14/h1-11H,12H2,(H,22,24). The van der Waals surface area contributed by atoms with Crippen molar-refractivity contribution in [1.29, 1.82) is 0 Å². The number of sulfonamides is 1. The van der Waals surface area contributed by atoms with Crippen LogP contribution < -0.4 is 10.3 Å². The van der Waals surface area contributed by atoms with Gasteiger partial charge >= 0.3 is 0 Å². The van der Waals surface area contributed by atoms with Crippen LogP contribution in [0.4, 0.5) is 0 Å². The highest BCUT2D eigenvalue weighted by Gasteiger charge is 2.21. The summed E-state index contributed by atoms with van der Waals surface area (Å²) in [5.74, 6) is -1.47. The molecule has 3 aromatic heterocycles. The molecule has 0 aliphatic heterocycles. The Bertz CT molecular complexity index is 1370. The van der Waals surface area contributed by atoms with Gasteiger partial charge in [-0.05, 0) is 23.8 Å². The van der Waals surface area contributed by atoms with Crippen molar-refractivity contribution >= 4 is 32.5 Å². The first-order valence-corrected chi connectivity index (χ1v) is 9.94. The van der Waals surface area contributed by atoms with Crippen LogP contribution in [-0.4, -0.2) is 28.7 Å². The molecule has 0 bridgehead atoms. The van der Waals surface area contributed by atoms with E-state index in [9.17, 15) is 18.0 Å². The number of carbonyl (C=O) groups excluding carboxylic acids is 1. The summed E-state index contributed by atoms with van der Waals surface area (Å²) in [5, 5.41) is 0.790. The third kappa shape index (κ3) is 3.35. The summed E-state index contributed by atoms with van der Waals surface area (Å²) >= 11 is 0. The first-order valence-electron chi connectivity index (χ1n) is 8.28. The van der Waals surface area contributed by atoms with Crippen LogP contribution in [0.3, 0.4) is 0 Å². The summed E-state index contributed by atoms with van der Waals surface area (Å²) < 4.78 is 28.1. The molecule has 0 saturated carbocycles. The molecule has 140 valence electrons. The van der Waals surface area contributed by atoms with Gasteiger partial charge < -0.3 is 0 Å². The number of hydrogen-bond donors (Lipinski definition) is 1. The molecule has 1 N–H and O–H groups in total. The molecule has 0 atom stereocenters. The molecule has 4 rings (SSSR count). The highest BCUT2D eigenvalue weighted by atomic mass is 32.2. The molecule has 4 aromatic rings. The van der Waals surface area contributed by atoms with Gasteiger partial charge in [0.15, 0.2) is 0 Å². The average Bonchev–Trinajstić information content (AvgIpc) is 2.68. The Balaban J connectivity index is 1.64. The van der Waals surface area contributed by atoms with Crippen LogP contribution in [0.1, 0.15) is 15.9 Å². The Morgan fingerprint density at radius 2 is 1.86 bits per heavy atom. The molecule has 0 spiro atoms. The lowest BCUT2D eigenvalue weighted by molar-refractivity contribution is 0.0979. The number of benzene rings is 1. The van der Waals surface area contributed by atoms with Gasteiger partial charge in [0.25, 0.3) is 11.5 Å². The summed E-state index contributed by atoms with van der Waals surface area (Å²) in [4.78, 5) is 33.1. The minimum atomic E-state index is -4.06. The van der Waals surface area contributed by atoms with Gasteiger partial charge in [-0.15, -0.1) is 0 Å². The second-order valence-corrected chi connectivity index (χ2v) is 7.81. The predicted octanol–water partition coefficient (Wildman–Crippen LogP) is 1.50. The number of nitrogens with one attached hydrogen (secondary N) is 1. The Morgan fingerprint density at radius 1 is 1.04 bits per heavy atom. The summed E-state index contributed by atoms with van der Waals surface area (Å²) in [6, 6.07) is 13.7. The van der Waals surface area contributed by atoms with Gasteiger partial charge in [0.05, 0.1) is 11.3 Å². The normalized spacial score (nSPS) is 11.6. The van der Waals surface area contributed by atoms with E-state index in [1.54, 1.807) is 42.6 Å². The van der Waals surface area contributed by atoms with Crippen LogP contribution in [0, 0.1) is 0 Å². The SMILES string of the molecule is O=C(NS(=O)(=O)Cc1cccc2cccnc12)c1cnc2ccccn2c1=O. The van der Waals surface area contributed by atoms with Gasteiger partial charge in [-0.3, -0.25) is 19.0 Å². The third-order valence-electron chi connectivity index (χ3n) is 4.17. The zero-order chi connectivity index (χ0) is 19.7. The fraction of sp³-hybridized carbons (Fsp3) is 0.0526. The number of carbonyl (C=O) groups is 1. The van der Waals surface area contributed by atoms with E-state index in [4.69, 9.17) is 0 Å². The lowest BCUT2D eigenvalue weighted by Crippen LogP contribution is -2.36. The van der Waals surface area contributed by atoms with E-state index >= 15 is 0 Å². The van der Waals surface area contributed by atoms with E-state index in [0.29, 0.717) is 16.7 Å². The molecule has 0 radical (unpaired) electrons. The lowest BCUT2D eigenvalue weighted by atomic mass is 10.1. The maximum atomic E-state index is 12.5. The van der Waals surface area contributed by atoms with E-state index < -0.39 is 27.2 Å². The van der Waals surface area contributed by atoms with Crippen LogP contribution >= 0.6 is 0 Å². The topological polar surface area (TPSA) is 110 Å². The molecule has 0 aliphatic rings. The van der Waals surface area contributed by atoms with Gasteiger partial charge in [-0.2, -0.15) is 0 Å². The van der Waals surface area contributed by atoms with Crippen molar-refractivity contribution < 1.29 is 13.2 Å². The Morgan fingerprint density at radius 3 is 2.71 bits per heavy atom. The van der Waals surface area contributed by atoms with Crippen LogP contribution in [0.15, 0.2) is 71.9 Å². The molecule has 1 amide bonds. The number of amides is 1. The Labute approximate surface area is 159 Å². The van der Waals surface area contributed by atoms with Crippen molar-refractivity contribution in [3.8, 4) is 0 Å². The zero-order valence-corrected chi connectivity index (χ0v) is 15.3. The molecular weight excluding hydrogens is 380 g/mol. The van der Waals surface area contributed by atoms with Crippen molar-refractivity contribution in [2.45, 2.75) is 5.75 Å². The van der Waals surface area contributed by atoms with Gasteiger partial charge in [0, 0.05) is 24.0 Å². The Kier molecular flexibility index (Phi) is 4.36. The van der Waals surface area contributed by atoms with Gasteiger partial charge in [0.2, 0.25) is 10.0 Å². The first-order chi connectivity index (χ1) is 13.4. The fourth-order valence-corrected chi connectivity index (χ4v) is 4.01. The van der Waals surface area contributed by atoms with Gasteiger partial charge in [0.1, 0.15) is 11.2 Å². The maximum absolute atomic E-state index is 12.5. The molecule has 0 fully saturated rings. The van der Waals surface area contributed by atoms with Crippen LogP contribution in [0.2, 0.25) is 0 Å². The van der Waals surface area contributed by atoms with Crippen LogP contribution in [0.25, 0.3) is 16.6 Å².